The van der Waals surface area contributed by atoms with Crippen LogP contribution in [0, 0.1) is 0 Å². The predicted molar refractivity (Wildman–Crippen MR) is 74.6 cm³/mol. The number of nitrogens with one attached hydrogen (secondary N) is 1. The molecular weight excluding hydrogens is 264 g/mol. The van der Waals surface area contributed by atoms with Gasteiger partial charge in [-0.25, -0.2) is 5.43 Å². The zero-order valence-corrected chi connectivity index (χ0v) is 10.6. The van der Waals surface area contributed by atoms with E-state index in [1.165, 1.54) is 18.3 Å². The largest absolute Gasteiger partial charge is 0.507 e. The molecule has 0 saturated heterocycles. The highest BCUT2D eigenvalue weighted by molar-refractivity contribution is 6.30. The summed E-state index contributed by atoms with van der Waals surface area (Å²) in [7, 11) is 0. The standard InChI is InChI=1S/C14H11ClN2O2/c15-11-7-5-10(6-8-11)9-16-17-14(19)12-3-1-2-4-13(12)18/h1-9,18H,(H,17,19). The van der Waals surface area contributed by atoms with Gasteiger partial charge in [0.15, 0.2) is 0 Å². The Hall–Kier alpha value is -2.33. The van der Waals surface area contributed by atoms with Gasteiger partial charge in [-0.3, -0.25) is 4.79 Å². The van der Waals surface area contributed by atoms with Crippen molar-refractivity contribution in [1.82, 2.24) is 5.43 Å². The van der Waals surface area contributed by atoms with Gasteiger partial charge in [0.05, 0.1) is 11.8 Å². The molecule has 0 unspecified atom stereocenters. The lowest BCUT2D eigenvalue weighted by Gasteiger charge is -2.01. The number of carbonyl (C=O) groups excluding carboxylic acids is 1. The number of carbonyl (C=O) groups is 1. The summed E-state index contributed by atoms with van der Waals surface area (Å²) in [4.78, 5) is 11.7. The first-order valence-electron chi connectivity index (χ1n) is 5.54. The van der Waals surface area contributed by atoms with E-state index in [-0.39, 0.29) is 11.3 Å². The van der Waals surface area contributed by atoms with Crippen molar-refractivity contribution < 1.29 is 9.90 Å². The summed E-state index contributed by atoms with van der Waals surface area (Å²) in [5.41, 5.74) is 3.32. The van der Waals surface area contributed by atoms with Crippen LogP contribution in [0.25, 0.3) is 0 Å². The molecule has 5 heteroatoms. The first kappa shape index (κ1) is 13.1. The highest BCUT2D eigenvalue weighted by Crippen LogP contribution is 2.14. The average molecular weight is 275 g/mol. The van der Waals surface area contributed by atoms with Gasteiger partial charge in [-0.2, -0.15) is 5.10 Å². The third-order valence-corrected chi connectivity index (χ3v) is 2.65. The molecule has 2 aromatic carbocycles. The predicted octanol–water partition coefficient (Wildman–Crippen LogP) is 2.81. The number of hydrogen-bond donors (Lipinski definition) is 2. The number of amides is 1. The molecule has 0 aliphatic rings. The van der Waals surface area contributed by atoms with Crippen LogP contribution in [0.2, 0.25) is 5.02 Å². The quantitative estimate of drug-likeness (QED) is 0.668. The van der Waals surface area contributed by atoms with E-state index in [1.807, 2.05) is 0 Å². The molecule has 0 aliphatic carbocycles. The molecule has 0 spiro atoms. The lowest BCUT2D eigenvalue weighted by molar-refractivity contribution is 0.0952. The average Bonchev–Trinajstić information content (AvgIpc) is 2.41. The molecule has 2 aromatic rings. The van der Waals surface area contributed by atoms with Gasteiger partial charge in [0, 0.05) is 5.02 Å². The molecule has 1 amide bonds. The fourth-order valence-corrected chi connectivity index (χ4v) is 1.57. The Morgan fingerprint density at radius 1 is 1.16 bits per heavy atom. The molecule has 19 heavy (non-hydrogen) atoms. The minimum absolute atomic E-state index is 0.0818. The van der Waals surface area contributed by atoms with Crippen LogP contribution in [-0.2, 0) is 0 Å². The monoisotopic (exact) mass is 274 g/mol. The lowest BCUT2D eigenvalue weighted by atomic mass is 10.2. The summed E-state index contributed by atoms with van der Waals surface area (Å²) in [6, 6.07) is 13.3. The molecule has 0 aliphatic heterocycles. The van der Waals surface area contributed by atoms with E-state index in [0.29, 0.717) is 5.02 Å². The van der Waals surface area contributed by atoms with E-state index in [4.69, 9.17) is 11.6 Å². The smallest absolute Gasteiger partial charge is 0.275 e. The Morgan fingerprint density at radius 2 is 1.84 bits per heavy atom. The van der Waals surface area contributed by atoms with Crippen LogP contribution in [0.3, 0.4) is 0 Å². The Kier molecular flexibility index (Phi) is 4.15. The summed E-state index contributed by atoms with van der Waals surface area (Å²) in [5.74, 6) is -0.551. The summed E-state index contributed by atoms with van der Waals surface area (Å²) >= 11 is 5.75. The number of rotatable bonds is 3. The first-order chi connectivity index (χ1) is 9.16. The number of hydrazone groups is 1. The number of para-hydroxylation sites is 1. The molecule has 0 heterocycles. The third-order valence-electron chi connectivity index (χ3n) is 2.40. The second-order valence-corrected chi connectivity index (χ2v) is 4.20. The summed E-state index contributed by atoms with van der Waals surface area (Å²) in [5, 5.41) is 13.9. The van der Waals surface area contributed by atoms with Crippen molar-refractivity contribution in [1.29, 1.82) is 0 Å². The van der Waals surface area contributed by atoms with Gasteiger partial charge in [0.2, 0.25) is 0 Å². The van der Waals surface area contributed by atoms with Crippen molar-refractivity contribution in [2.75, 3.05) is 0 Å². The number of hydrogen-bond acceptors (Lipinski definition) is 3. The number of halogens is 1. The van der Waals surface area contributed by atoms with Gasteiger partial charge >= 0.3 is 0 Å². The molecule has 0 atom stereocenters. The fraction of sp³-hybridized carbons (Fsp3) is 0. The normalized spacial score (nSPS) is 10.6. The molecule has 0 bridgehead atoms. The van der Waals surface area contributed by atoms with Crippen LogP contribution < -0.4 is 5.43 Å². The second-order valence-electron chi connectivity index (χ2n) is 3.77. The highest BCUT2D eigenvalue weighted by Gasteiger charge is 2.08. The molecular formula is C14H11ClN2O2. The van der Waals surface area contributed by atoms with Crippen molar-refractivity contribution in [3.8, 4) is 5.75 Å². The van der Waals surface area contributed by atoms with Crippen molar-refractivity contribution >= 4 is 23.7 Å². The first-order valence-corrected chi connectivity index (χ1v) is 5.91. The maximum atomic E-state index is 11.7. The maximum Gasteiger partial charge on any atom is 0.275 e. The number of phenolic OH excluding ortho intramolecular Hbond substituents is 1. The van der Waals surface area contributed by atoms with Crippen LogP contribution in [0.1, 0.15) is 15.9 Å². The molecule has 0 aromatic heterocycles. The van der Waals surface area contributed by atoms with E-state index in [1.54, 1.807) is 36.4 Å². The van der Waals surface area contributed by atoms with Crippen molar-refractivity contribution in [2.45, 2.75) is 0 Å². The van der Waals surface area contributed by atoms with Gasteiger partial charge in [0.1, 0.15) is 5.75 Å². The Bertz CT molecular complexity index is 609. The van der Waals surface area contributed by atoms with Crippen LogP contribution in [0.4, 0.5) is 0 Å². The molecule has 0 fully saturated rings. The van der Waals surface area contributed by atoms with E-state index in [0.717, 1.165) is 5.56 Å². The summed E-state index contributed by atoms with van der Waals surface area (Å²) in [6.45, 7) is 0. The minimum atomic E-state index is -0.469. The summed E-state index contributed by atoms with van der Waals surface area (Å²) < 4.78 is 0. The second kappa shape index (κ2) is 6.02. The van der Waals surface area contributed by atoms with Crippen LogP contribution in [0.15, 0.2) is 53.6 Å². The van der Waals surface area contributed by atoms with Gasteiger partial charge in [0.25, 0.3) is 5.91 Å². The maximum absolute atomic E-state index is 11.7. The number of benzene rings is 2. The van der Waals surface area contributed by atoms with Gasteiger partial charge in [-0.15, -0.1) is 0 Å². The van der Waals surface area contributed by atoms with E-state index >= 15 is 0 Å². The molecule has 0 saturated carbocycles. The number of phenols is 1. The Morgan fingerprint density at radius 3 is 2.53 bits per heavy atom. The zero-order valence-electron chi connectivity index (χ0n) is 9.88. The number of aromatic hydroxyl groups is 1. The van der Waals surface area contributed by atoms with Crippen LogP contribution in [-0.4, -0.2) is 17.2 Å². The topological polar surface area (TPSA) is 61.7 Å². The van der Waals surface area contributed by atoms with E-state index < -0.39 is 5.91 Å². The van der Waals surface area contributed by atoms with E-state index in [2.05, 4.69) is 10.5 Å². The zero-order chi connectivity index (χ0) is 13.7. The van der Waals surface area contributed by atoms with Crippen molar-refractivity contribution in [2.24, 2.45) is 5.10 Å². The Balaban J connectivity index is 2.01. The van der Waals surface area contributed by atoms with Crippen LogP contribution >= 0.6 is 11.6 Å². The van der Waals surface area contributed by atoms with E-state index in [9.17, 15) is 9.90 Å². The molecule has 4 nitrogen and oxygen atoms in total. The number of nitrogens with zero attached hydrogens (tertiary/aromatic N) is 1. The molecule has 96 valence electrons. The fourth-order valence-electron chi connectivity index (χ4n) is 1.44. The molecule has 2 rings (SSSR count). The minimum Gasteiger partial charge on any atom is -0.507 e. The van der Waals surface area contributed by atoms with Gasteiger partial charge < -0.3 is 5.11 Å². The van der Waals surface area contributed by atoms with Gasteiger partial charge in [-0.1, -0.05) is 35.9 Å². The Labute approximate surface area is 115 Å². The lowest BCUT2D eigenvalue weighted by Crippen LogP contribution is -2.17. The molecule has 2 N–H and O–H groups in total. The molecule has 0 radical (unpaired) electrons. The third kappa shape index (κ3) is 3.56. The SMILES string of the molecule is O=C(NN=Cc1ccc(Cl)cc1)c1ccccc1O. The van der Waals surface area contributed by atoms with Crippen molar-refractivity contribution in [3.63, 3.8) is 0 Å². The van der Waals surface area contributed by atoms with Crippen molar-refractivity contribution in [3.05, 3.63) is 64.7 Å². The van der Waals surface area contributed by atoms with Gasteiger partial charge in [-0.05, 0) is 29.8 Å². The van der Waals surface area contributed by atoms with Crippen LogP contribution in [0.5, 0.6) is 5.75 Å². The highest BCUT2D eigenvalue weighted by atomic mass is 35.5. The summed E-state index contributed by atoms with van der Waals surface area (Å²) in [6.07, 6.45) is 1.49.